The van der Waals surface area contributed by atoms with Crippen LogP contribution in [0.3, 0.4) is 0 Å². The smallest absolute Gasteiger partial charge is 0.308 e. The molecule has 1 saturated carbocycles. The number of hydrogen-bond acceptors (Lipinski definition) is 5. The molecular formula is C15H20N2O5. The number of ether oxygens (including phenoxy) is 1. The summed E-state index contributed by atoms with van der Waals surface area (Å²) in [5.41, 5.74) is 0. The van der Waals surface area contributed by atoms with Gasteiger partial charge in [-0.25, -0.2) is 0 Å². The molecule has 7 heteroatoms. The molecule has 7 nitrogen and oxygen atoms in total. The quantitative estimate of drug-likeness (QED) is 0.732. The Balaban J connectivity index is 1.55. The molecule has 2 N–H and O–H groups in total. The monoisotopic (exact) mass is 308 g/mol. The third-order valence-corrected chi connectivity index (χ3v) is 3.44. The van der Waals surface area contributed by atoms with Gasteiger partial charge in [0.1, 0.15) is 0 Å². The zero-order valence-corrected chi connectivity index (χ0v) is 12.3. The van der Waals surface area contributed by atoms with Crippen LogP contribution in [0.5, 0.6) is 0 Å². The van der Waals surface area contributed by atoms with Gasteiger partial charge in [0.05, 0.1) is 12.7 Å². The lowest BCUT2D eigenvalue weighted by Gasteiger charge is -2.11. The van der Waals surface area contributed by atoms with Crippen LogP contribution in [0.4, 0.5) is 0 Å². The number of carbonyl (C=O) groups is 3. The van der Waals surface area contributed by atoms with Crippen molar-refractivity contribution in [3.8, 4) is 0 Å². The van der Waals surface area contributed by atoms with Crippen LogP contribution in [0.25, 0.3) is 0 Å². The van der Waals surface area contributed by atoms with Gasteiger partial charge < -0.3 is 19.8 Å². The van der Waals surface area contributed by atoms with Gasteiger partial charge in [0.2, 0.25) is 0 Å². The number of esters is 1. The Bertz CT molecular complexity index is 506. The van der Waals surface area contributed by atoms with Crippen molar-refractivity contribution in [3.05, 3.63) is 24.2 Å². The summed E-state index contributed by atoms with van der Waals surface area (Å²) in [6.07, 6.45) is 5.62. The van der Waals surface area contributed by atoms with Crippen LogP contribution in [0.1, 0.15) is 42.7 Å². The molecule has 2 amide bonds. The molecule has 1 aliphatic rings. The van der Waals surface area contributed by atoms with Crippen LogP contribution in [0.15, 0.2) is 22.8 Å². The van der Waals surface area contributed by atoms with Crippen molar-refractivity contribution in [2.75, 3.05) is 13.2 Å². The number of carbonyl (C=O) groups excluding carboxylic acids is 3. The second-order valence-corrected chi connectivity index (χ2v) is 5.19. The minimum Gasteiger partial charge on any atom is -0.459 e. The van der Waals surface area contributed by atoms with Crippen molar-refractivity contribution in [1.82, 2.24) is 10.6 Å². The van der Waals surface area contributed by atoms with Gasteiger partial charge in [-0.1, -0.05) is 12.8 Å². The van der Waals surface area contributed by atoms with Crippen molar-refractivity contribution < 1.29 is 23.5 Å². The molecule has 120 valence electrons. The molecule has 0 unspecified atom stereocenters. The Kier molecular flexibility index (Phi) is 6.00. The maximum absolute atomic E-state index is 11.6. The average molecular weight is 308 g/mol. The highest BCUT2D eigenvalue weighted by Gasteiger charge is 2.17. The molecule has 0 aromatic carbocycles. The highest BCUT2D eigenvalue weighted by atomic mass is 16.5. The predicted molar refractivity (Wildman–Crippen MR) is 77.0 cm³/mol. The van der Waals surface area contributed by atoms with Gasteiger partial charge in [-0.2, -0.15) is 0 Å². The lowest BCUT2D eigenvalue weighted by atomic mass is 10.2. The van der Waals surface area contributed by atoms with Crippen molar-refractivity contribution in [2.45, 2.75) is 38.1 Å². The number of rotatable bonds is 7. The van der Waals surface area contributed by atoms with Crippen LogP contribution in [0, 0.1) is 0 Å². The first-order chi connectivity index (χ1) is 10.6. The van der Waals surface area contributed by atoms with E-state index in [1.807, 2.05) is 0 Å². The summed E-state index contributed by atoms with van der Waals surface area (Å²) in [6.45, 7) is -0.149. The molecule has 0 bridgehead atoms. The minimum absolute atomic E-state index is 0.00313. The highest BCUT2D eigenvalue weighted by molar-refractivity contribution is 5.91. The van der Waals surface area contributed by atoms with Gasteiger partial charge in [-0.3, -0.25) is 14.4 Å². The number of nitrogens with one attached hydrogen (secondary N) is 2. The molecule has 1 aliphatic carbocycles. The second-order valence-electron chi connectivity index (χ2n) is 5.19. The normalized spacial score (nSPS) is 14.5. The average Bonchev–Trinajstić information content (AvgIpc) is 3.18. The minimum atomic E-state index is -0.527. The SMILES string of the molecule is O=C(COC(=O)CCNC(=O)c1ccco1)NC1CCCC1. The lowest BCUT2D eigenvalue weighted by Crippen LogP contribution is -2.36. The summed E-state index contributed by atoms with van der Waals surface area (Å²) in [7, 11) is 0. The van der Waals surface area contributed by atoms with Crippen LogP contribution in [0.2, 0.25) is 0 Å². The summed E-state index contributed by atoms with van der Waals surface area (Å²) < 4.78 is 9.77. The largest absolute Gasteiger partial charge is 0.459 e. The molecular weight excluding hydrogens is 288 g/mol. The molecule has 0 spiro atoms. The van der Waals surface area contributed by atoms with E-state index < -0.39 is 11.9 Å². The van der Waals surface area contributed by atoms with Crippen LogP contribution < -0.4 is 10.6 Å². The third kappa shape index (κ3) is 5.23. The highest BCUT2D eigenvalue weighted by Crippen LogP contribution is 2.17. The molecule has 0 aliphatic heterocycles. The fourth-order valence-electron chi connectivity index (χ4n) is 2.33. The van der Waals surface area contributed by atoms with Crippen molar-refractivity contribution in [1.29, 1.82) is 0 Å². The van der Waals surface area contributed by atoms with Crippen molar-refractivity contribution in [2.24, 2.45) is 0 Å². The molecule has 0 radical (unpaired) electrons. The predicted octanol–water partition coefficient (Wildman–Crippen LogP) is 1.00. The zero-order chi connectivity index (χ0) is 15.8. The molecule has 1 heterocycles. The van der Waals surface area contributed by atoms with E-state index in [4.69, 9.17) is 9.15 Å². The summed E-state index contributed by atoms with van der Waals surface area (Å²) in [5, 5.41) is 5.36. The van der Waals surface area contributed by atoms with Gasteiger partial charge in [-0.05, 0) is 25.0 Å². The maximum atomic E-state index is 11.6. The zero-order valence-electron chi connectivity index (χ0n) is 12.3. The molecule has 1 aromatic rings. The Labute approximate surface area is 128 Å². The van der Waals surface area contributed by atoms with Crippen molar-refractivity contribution >= 4 is 17.8 Å². The van der Waals surface area contributed by atoms with Gasteiger partial charge in [0.25, 0.3) is 11.8 Å². The van der Waals surface area contributed by atoms with Crippen LogP contribution >= 0.6 is 0 Å². The Hall–Kier alpha value is -2.31. The van der Waals surface area contributed by atoms with E-state index in [0.29, 0.717) is 0 Å². The summed E-state index contributed by atoms with van der Waals surface area (Å²) in [6, 6.07) is 3.34. The van der Waals surface area contributed by atoms with E-state index in [1.54, 1.807) is 6.07 Å². The van der Waals surface area contributed by atoms with E-state index in [1.165, 1.54) is 12.3 Å². The van der Waals surface area contributed by atoms with Gasteiger partial charge >= 0.3 is 5.97 Å². The number of hydrogen-bond donors (Lipinski definition) is 2. The molecule has 0 saturated heterocycles. The maximum Gasteiger partial charge on any atom is 0.308 e. The van der Waals surface area contributed by atoms with Gasteiger partial charge in [-0.15, -0.1) is 0 Å². The van der Waals surface area contributed by atoms with E-state index in [-0.39, 0.29) is 37.3 Å². The number of furan rings is 1. The standard InChI is InChI=1S/C15H20N2O5/c18-13(17-11-4-1-2-5-11)10-22-14(19)7-8-16-15(20)12-6-3-9-21-12/h3,6,9,11H,1-2,4-5,7-8,10H2,(H,16,20)(H,17,18). The first-order valence-corrected chi connectivity index (χ1v) is 7.42. The van der Waals surface area contributed by atoms with E-state index in [0.717, 1.165) is 25.7 Å². The van der Waals surface area contributed by atoms with E-state index >= 15 is 0 Å². The summed E-state index contributed by atoms with van der Waals surface area (Å²) in [4.78, 5) is 34.6. The van der Waals surface area contributed by atoms with E-state index in [2.05, 4.69) is 10.6 Å². The molecule has 2 rings (SSSR count). The Morgan fingerprint density at radius 2 is 2.05 bits per heavy atom. The van der Waals surface area contributed by atoms with Crippen LogP contribution in [-0.4, -0.2) is 37.0 Å². The van der Waals surface area contributed by atoms with Crippen molar-refractivity contribution in [3.63, 3.8) is 0 Å². The topological polar surface area (TPSA) is 97.6 Å². The summed E-state index contributed by atoms with van der Waals surface area (Å²) >= 11 is 0. The second kappa shape index (κ2) is 8.21. The van der Waals surface area contributed by atoms with E-state index in [9.17, 15) is 14.4 Å². The fraction of sp³-hybridized carbons (Fsp3) is 0.533. The summed E-state index contributed by atoms with van der Waals surface area (Å²) in [5.74, 6) is -1.01. The van der Waals surface area contributed by atoms with Crippen LogP contribution in [-0.2, 0) is 14.3 Å². The first-order valence-electron chi connectivity index (χ1n) is 7.42. The lowest BCUT2D eigenvalue weighted by molar-refractivity contribution is -0.148. The van der Waals surface area contributed by atoms with Gasteiger partial charge in [0.15, 0.2) is 12.4 Å². The molecule has 0 atom stereocenters. The van der Waals surface area contributed by atoms with Gasteiger partial charge in [0, 0.05) is 12.6 Å². The first kappa shape index (κ1) is 16.1. The molecule has 22 heavy (non-hydrogen) atoms. The fourth-order valence-corrected chi connectivity index (χ4v) is 2.33. The molecule has 1 aromatic heterocycles. The Morgan fingerprint density at radius 3 is 2.73 bits per heavy atom. The molecule has 1 fully saturated rings. The third-order valence-electron chi connectivity index (χ3n) is 3.44. The Morgan fingerprint density at radius 1 is 1.27 bits per heavy atom. The number of amides is 2.